The number of pyridine rings is 1. The Hall–Kier alpha value is -3.34. The number of ether oxygens (including phenoxy) is 2. The number of esters is 1. The third-order valence-corrected chi connectivity index (χ3v) is 6.08. The van der Waals surface area contributed by atoms with Gasteiger partial charge < -0.3 is 19.7 Å². The molecule has 9 nitrogen and oxygen atoms in total. The summed E-state index contributed by atoms with van der Waals surface area (Å²) in [5, 5.41) is 3.10. The first kappa shape index (κ1) is 25.7. The lowest BCUT2D eigenvalue weighted by Gasteiger charge is -2.36. The molecule has 36 heavy (non-hydrogen) atoms. The van der Waals surface area contributed by atoms with E-state index < -0.39 is 11.8 Å². The number of halogens is 2. The molecule has 0 aliphatic carbocycles. The molecule has 1 saturated heterocycles. The lowest BCUT2D eigenvalue weighted by atomic mass is 10.1. The van der Waals surface area contributed by atoms with Gasteiger partial charge in [-0.25, -0.2) is 14.2 Å². The summed E-state index contributed by atoms with van der Waals surface area (Å²) in [6, 6.07) is 6.06. The quantitative estimate of drug-likeness (QED) is 0.425. The van der Waals surface area contributed by atoms with Gasteiger partial charge >= 0.3 is 5.97 Å². The number of anilines is 3. The van der Waals surface area contributed by atoms with Crippen molar-refractivity contribution >= 4 is 35.0 Å². The first-order chi connectivity index (χ1) is 17.5. The van der Waals surface area contributed by atoms with Gasteiger partial charge in [-0.15, -0.1) is 0 Å². The van der Waals surface area contributed by atoms with Crippen molar-refractivity contribution in [3.8, 4) is 11.1 Å². The topological polar surface area (TPSA) is 92.7 Å². The van der Waals surface area contributed by atoms with E-state index in [2.05, 4.69) is 25.1 Å². The SMILES string of the molecule is CCOC(=O)c1cncc(-c2cnc(Nc3ccc(F)c(Cl)c3)nc2N2CCN(CCOC)CC2)c1. The minimum atomic E-state index is -0.500. The molecule has 0 spiro atoms. The van der Waals surface area contributed by atoms with Crippen LogP contribution >= 0.6 is 11.6 Å². The second-order valence-corrected chi connectivity index (χ2v) is 8.60. The van der Waals surface area contributed by atoms with Crippen molar-refractivity contribution in [3.05, 3.63) is 59.3 Å². The zero-order valence-corrected chi connectivity index (χ0v) is 21.0. The smallest absolute Gasteiger partial charge is 0.339 e. The standard InChI is InChI=1S/C25H28ClFN6O3/c1-3-36-24(34)18-12-17(14-28-15-18)20-16-29-25(30-19-4-5-22(27)21(26)13-19)31-23(20)33-8-6-32(7-9-33)10-11-35-2/h4-5,12-16H,3,6-11H2,1-2H3,(H,29,30,31). The number of rotatable bonds is 9. The van der Waals surface area contributed by atoms with E-state index in [1.54, 1.807) is 38.6 Å². The lowest BCUT2D eigenvalue weighted by molar-refractivity contribution is 0.0526. The van der Waals surface area contributed by atoms with Crippen LogP contribution in [-0.4, -0.2) is 78.9 Å². The van der Waals surface area contributed by atoms with Crippen LogP contribution in [0.25, 0.3) is 11.1 Å². The molecule has 3 aromatic rings. The normalized spacial score (nSPS) is 14.1. The molecule has 4 rings (SSSR count). The molecule has 1 N–H and O–H groups in total. The summed E-state index contributed by atoms with van der Waals surface area (Å²) in [5.74, 6) is 0.106. The van der Waals surface area contributed by atoms with Crippen LogP contribution in [0.15, 0.2) is 42.9 Å². The Morgan fingerprint density at radius 1 is 1.17 bits per heavy atom. The summed E-state index contributed by atoms with van der Waals surface area (Å²) in [5.41, 5.74) is 2.36. The zero-order valence-electron chi connectivity index (χ0n) is 20.2. The number of hydrogen-bond donors (Lipinski definition) is 1. The number of hydrogen-bond acceptors (Lipinski definition) is 9. The minimum Gasteiger partial charge on any atom is -0.462 e. The fourth-order valence-corrected chi connectivity index (χ4v) is 4.08. The second-order valence-electron chi connectivity index (χ2n) is 8.19. The van der Waals surface area contributed by atoms with Gasteiger partial charge in [-0.1, -0.05) is 11.6 Å². The molecule has 1 aliphatic rings. The first-order valence-electron chi connectivity index (χ1n) is 11.7. The van der Waals surface area contributed by atoms with Crippen LogP contribution in [0.4, 0.5) is 21.8 Å². The fraction of sp³-hybridized carbons (Fsp3) is 0.360. The van der Waals surface area contributed by atoms with E-state index in [9.17, 15) is 9.18 Å². The van der Waals surface area contributed by atoms with Crippen molar-refractivity contribution in [3.63, 3.8) is 0 Å². The number of piperazine rings is 1. The van der Waals surface area contributed by atoms with Crippen LogP contribution in [0.2, 0.25) is 5.02 Å². The summed E-state index contributed by atoms with van der Waals surface area (Å²) >= 11 is 5.93. The van der Waals surface area contributed by atoms with E-state index in [0.29, 0.717) is 35.2 Å². The van der Waals surface area contributed by atoms with Gasteiger partial charge in [0.1, 0.15) is 11.6 Å². The third kappa shape index (κ3) is 6.26. The maximum absolute atomic E-state index is 13.6. The van der Waals surface area contributed by atoms with Crippen LogP contribution in [0.5, 0.6) is 0 Å². The summed E-state index contributed by atoms with van der Waals surface area (Å²) in [7, 11) is 1.70. The molecule has 11 heteroatoms. The van der Waals surface area contributed by atoms with Crippen LogP contribution in [-0.2, 0) is 9.47 Å². The maximum Gasteiger partial charge on any atom is 0.339 e. The van der Waals surface area contributed by atoms with Crippen LogP contribution in [0.1, 0.15) is 17.3 Å². The van der Waals surface area contributed by atoms with E-state index in [1.807, 2.05) is 0 Å². The van der Waals surface area contributed by atoms with E-state index in [1.165, 1.54) is 18.3 Å². The minimum absolute atomic E-state index is 0.00544. The van der Waals surface area contributed by atoms with Crippen molar-refractivity contribution in [1.82, 2.24) is 19.9 Å². The van der Waals surface area contributed by atoms with E-state index >= 15 is 0 Å². The van der Waals surface area contributed by atoms with Gasteiger partial charge in [-0.05, 0) is 31.2 Å². The number of nitrogens with zero attached hydrogens (tertiary/aromatic N) is 5. The molecule has 1 aliphatic heterocycles. The number of carbonyl (C=O) groups is 1. The Morgan fingerprint density at radius 2 is 1.97 bits per heavy atom. The third-order valence-electron chi connectivity index (χ3n) is 5.79. The van der Waals surface area contributed by atoms with Crippen LogP contribution < -0.4 is 10.2 Å². The van der Waals surface area contributed by atoms with Crippen molar-refractivity contribution in [1.29, 1.82) is 0 Å². The first-order valence-corrected chi connectivity index (χ1v) is 12.0. The number of methoxy groups -OCH3 is 1. The highest BCUT2D eigenvalue weighted by Crippen LogP contribution is 2.31. The molecule has 0 bridgehead atoms. The predicted molar refractivity (Wildman–Crippen MR) is 136 cm³/mol. The highest BCUT2D eigenvalue weighted by molar-refractivity contribution is 6.31. The highest BCUT2D eigenvalue weighted by atomic mass is 35.5. The predicted octanol–water partition coefficient (Wildman–Crippen LogP) is 4.02. The Labute approximate surface area is 214 Å². The molecule has 1 aromatic carbocycles. The summed E-state index contributed by atoms with van der Waals surface area (Å²) in [6.07, 6.45) is 4.84. The van der Waals surface area contributed by atoms with Gasteiger partial charge in [0.15, 0.2) is 0 Å². The number of benzene rings is 1. The Balaban J connectivity index is 1.66. The average molecular weight is 515 g/mol. The van der Waals surface area contributed by atoms with Crippen molar-refractivity contribution in [2.75, 3.05) is 63.3 Å². The maximum atomic E-state index is 13.6. The molecule has 0 atom stereocenters. The number of carbonyl (C=O) groups excluding carboxylic acids is 1. The molecule has 0 amide bonds. The Kier molecular flexibility index (Phi) is 8.63. The van der Waals surface area contributed by atoms with Gasteiger partial charge in [0, 0.05) is 75.2 Å². The molecular weight excluding hydrogens is 487 g/mol. The lowest BCUT2D eigenvalue weighted by Crippen LogP contribution is -2.47. The molecule has 190 valence electrons. The van der Waals surface area contributed by atoms with E-state index in [0.717, 1.165) is 38.3 Å². The highest BCUT2D eigenvalue weighted by Gasteiger charge is 2.23. The van der Waals surface area contributed by atoms with Gasteiger partial charge in [0.25, 0.3) is 0 Å². The van der Waals surface area contributed by atoms with Crippen molar-refractivity contribution < 1.29 is 18.7 Å². The average Bonchev–Trinajstić information content (AvgIpc) is 2.90. The fourth-order valence-electron chi connectivity index (χ4n) is 3.90. The zero-order chi connectivity index (χ0) is 25.5. The van der Waals surface area contributed by atoms with Crippen LogP contribution in [0, 0.1) is 5.82 Å². The van der Waals surface area contributed by atoms with Gasteiger partial charge in [-0.2, -0.15) is 4.98 Å². The van der Waals surface area contributed by atoms with Gasteiger partial charge in [-0.3, -0.25) is 9.88 Å². The number of aromatic nitrogens is 3. The van der Waals surface area contributed by atoms with Crippen LogP contribution in [0.3, 0.4) is 0 Å². The second kappa shape index (κ2) is 12.1. The van der Waals surface area contributed by atoms with E-state index in [4.69, 9.17) is 26.1 Å². The molecule has 0 unspecified atom stereocenters. The van der Waals surface area contributed by atoms with Crippen molar-refractivity contribution in [2.24, 2.45) is 0 Å². The molecule has 3 heterocycles. The summed E-state index contributed by atoms with van der Waals surface area (Å²) in [6.45, 7) is 6.78. The molecule has 0 radical (unpaired) electrons. The molecule has 0 saturated carbocycles. The van der Waals surface area contributed by atoms with E-state index in [-0.39, 0.29) is 11.6 Å². The summed E-state index contributed by atoms with van der Waals surface area (Å²) < 4.78 is 23.9. The molecule has 1 fully saturated rings. The van der Waals surface area contributed by atoms with Crippen molar-refractivity contribution in [2.45, 2.75) is 6.92 Å². The van der Waals surface area contributed by atoms with Gasteiger partial charge in [0.05, 0.1) is 23.8 Å². The Morgan fingerprint density at radius 3 is 2.69 bits per heavy atom. The largest absolute Gasteiger partial charge is 0.462 e. The monoisotopic (exact) mass is 514 g/mol. The Bertz CT molecular complexity index is 1210. The molecular formula is C25H28ClFN6O3. The van der Waals surface area contributed by atoms with Gasteiger partial charge in [0.2, 0.25) is 5.95 Å². The summed E-state index contributed by atoms with van der Waals surface area (Å²) in [4.78, 5) is 30.3. The molecule has 2 aromatic heterocycles. The number of nitrogens with one attached hydrogen (secondary N) is 1.